The van der Waals surface area contributed by atoms with E-state index in [1.54, 1.807) is 7.11 Å². The van der Waals surface area contributed by atoms with Gasteiger partial charge in [0.05, 0.1) is 12.6 Å². The van der Waals surface area contributed by atoms with Crippen molar-refractivity contribution in [1.82, 2.24) is 0 Å². The summed E-state index contributed by atoms with van der Waals surface area (Å²) in [6.45, 7) is 2.09. The van der Waals surface area contributed by atoms with Crippen LogP contribution in [-0.2, 0) is 11.2 Å². The predicted octanol–water partition coefficient (Wildman–Crippen LogP) is 1.37. The Morgan fingerprint density at radius 3 is 2.75 bits per heavy atom. The summed E-state index contributed by atoms with van der Waals surface area (Å²) in [5.41, 5.74) is 11.6. The van der Waals surface area contributed by atoms with Crippen molar-refractivity contribution in [3.8, 4) is 11.5 Å². The lowest BCUT2D eigenvalue weighted by Gasteiger charge is -2.20. The van der Waals surface area contributed by atoms with Gasteiger partial charge in [-0.15, -0.1) is 0 Å². The Bertz CT molecular complexity index is 504. The van der Waals surface area contributed by atoms with E-state index < -0.39 is 11.4 Å². The summed E-state index contributed by atoms with van der Waals surface area (Å²) < 4.78 is 11.3. The van der Waals surface area contributed by atoms with Gasteiger partial charge in [-0.25, -0.2) is 0 Å². The normalized spacial score (nSPS) is 25.4. The zero-order valence-corrected chi connectivity index (χ0v) is 12.0. The van der Waals surface area contributed by atoms with Gasteiger partial charge < -0.3 is 20.9 Å². The number of amides is 1. The number of primary amides is 1. The number of ether oxygens (including phenoxy) is 2. The van der Waals surface area contributed by atoms with Gasteiger partial charge in [0, 0.05) is 6.42 Å². The van der Waals surface area contributed by atoms with Gasteiger partial charge in [0.2, 0.25) is 5.91 Å². The second-order valence-electron chi connectivity index (χ2n) is 5.34. The summed E-state index contributed by atoms with van der Waals surface area (Å²) >= 11 is 0. The molecule has 0 spiro atoms. The maximum Gasteiger partial charge on any atom is 0.237 e. The highest BCUT2D eigenvalue weighted by atomic mass is 16.5. The number of aryl methyl sites for hydroxylation is 1. The topological polar surface area (TPSA) is 87.6 Å². The smallest absolute Gasteiger partial charge is 0.237 e. The average Bonchev–Trinajstić information content (AvgIpc) is 2.82. The molecule has 2 rings (SSSR count). The van der Waals surface area contributed by atoms with E-state index in [0.717, 1.165) is 12.8 Å². The van der Waals surface area contributed by atoms with E-state index in [0.29, 0.717) is 24.3 Å². The van der Waals surface area contributed by atoms with Crippen molar-refractivity contribution >= 4 is 5.91 Å². The van der Waals surface area contributed by atoms with Crippen LogP contribution in [0.4, 0.5) is 0 Å². The maximum atomic E-state index is 11.3. The molecule has 1 aliphatic carbocycles. The SMILES string of the molecule is CCc1ccc(OC2CCC(N)(C(N)=O)C2)c(OC)c1. The van der Waals surface area contributed by atoms with Crippen molar-refractivity contribution in [2.75, 3.05) is 7.11 Å². The molecule has 0 aliphatic heterocycles. The minimum atomic E-state index is -0.943. The monoisotopic (exact) mass is 278 g/mol. The van der Waals surface area contributed by atoms with E-state index in [1.165, 1.54) is 5.56 Å². The van der Waals surface area contributed by atoms with Crippen LogP contribution in [0, 0.1) is 0 Å². The fourth-order valence-corrected chi connectivity index (χ4v) is 2.56. The maximum absolute atomic E-state index is 11.3. The molecule has 0 bridgehead atoms. The Morgan fingerprint density at radius 2 is 2.20 bits per heavy atom. The first kappa shape index (κ1) is 14.7. The lowest BCUT2D eigenvalue weighted by Crippen LogP contribution is -2.50. The molecule has 2 atom stereocenters. The van der Waals surface area contributed by atoms with Crippen LogP contribution in [0.15, 0.2) is 18.2 Å². The highest BCUT2D eigenvalue weighted by molar-refractivity contribution is 5.84. The molecule has 1 aromatic rings. The fraction of sp³-hybridized carbons (Fsp3) is 0.533. The lowest BCUT2D eigenvalue weighted by atomic mass is 9.99. The van der Waals surface area contributed by atoms with Gasteiger partial charge in [0.25, 0.3) is 0 Å². The number of methoxy groups -OCH3 is 1. The van der Waals surface area contributed by atoms with Gasteiger partial charge >= 0.3 is 0 Å². The van der Waals surface area contributed by atoms with Crippen molar-refractivity contribution in [3.63, 3.8) is 0 Å². The summed E-state index contributed by atoms with van der Waals surface area (Å²) in [6.07, 6.45) is 2.56. The van der Waals surface area contributed by atoms with Crippen LogP contribution in [0.25, 0.3) is 0 Å². The number of carbonyl (C=O) groups excluding carboxylic acids is 1. The third-order valence-electron chi connectivity index (χ3n) is 3.92. The minimum Gasteiger partial charge on any atom is -0.493 e. The van der Waals surface area contributed by atoms with Crippen LogP contribution in [0.5, 0.6) is 11.5 Å². The first-order valence-electron chi connectivity index (χ1n) is 6.91. The van der Waals surface area contributed by atoms with Crippen LogP contribution in [-0.4, -0.2) is 24.7 Å². The molecule has 1 saturated carbocycles. The molecule has 0 saturated heterocycles. The van der Waals surface area contributed by atoms with Crippen molar-refractivity contribution in [2.24, 2.45) is 11.5 Å². The molecule has 1 fully saturated rings. The van der Waals surface area contributed by atoms with Gasteiger partial charge in [-0.3, -0.25) is 4.79 Å². The summed E-state index contributed by atoms with van der Waals surface area (Å²) in [4.78, 5) is 11.3. The van der Waals surface area contributed by atoms with Crippen molar-refractivity contribution in [3.05, 3.63) is 23.8 Å². The Kier molecular flexibility index (Phi) is 4.18. The molecule has 0 radical (unpaired) electrons. The Hall–Kier alpha value is -1.75. The number of nitrogens with two attached hydrogens (primary N) is 2. The zero-order chi connectivity index (χ0) is 14.8. The quantitative estimate of drug-likeness (QED) is 0.851. The highest BCUT2D eigenvalue weighted by Gasteiger charge is 2.41. The Balaban J connectivity index is 2.10. The van der Waals surface area contributed by atoms with Gasteiger partial charge in [0.15, 0.2) is 11.5 Å². The first-order chi connectivity index (χ1) is 9.48. The second-order valence-corrected chi connectivity index (χ2v) is 5.34. The molecule has 0 aromatic heterocycles. The molecule has 5 nitrogen and oxygen atoms in total. The molecule has 4 N–H and O–H groups in total. The average molecular weight is 278 g/mol. The van der Waals surface area contributed by atoms with Crippen molar-refractivity contribution < 1.29 is 14.3 Å². The van der Waals surface area contributed by atoms with E-state index in [-0.39, 0.29) is 6.10 Å². The van der Waals surface area contributed by atoms with Crippen LogP contribution < -0.4 is 20.9 Å². The molecular weight excluding hydrogens is 256 g/mol. The van der Waals surface area contributed by atoms with Gasteiger partial charge in [-0.2, -0.15) is 0 Å². The Morgan fingerprint density at radius 1 is 1.45 bits per heavy atom. The number of hydrogen-bond donors (Lipinski definition) is 2. The van der Waals surface area contributed by atoms with Crippen LogP contribution in [0.3, 0.4) is 0 Å². The summed E-state index contributed by atoms with van der Waals surface area (Å²) in [5, 5.41) is 0. The summed E-state index contributed by atoms with van der Waals surface area (Å²) in [5.74, 6) is 0.929. The van der Waals surface area contributed by atoms with E-state index in [2.05, 4.69) is 6.92 Å². The summed E-state index contributed by atoms with van der Waals surface area (Å²) in [7, 11) is 1.62. The molecule has 20 heavy (non-hydrogen) atoms. The molecule has 0 heterocycles. The van der Waals surface area contributed by atoms with Crippen molar-refractivity contribution in [1.29, 1.82) is 0 Å². The number of rotatable bonds is 5. The van der Waals surface area contributed by atoms with Crippen LogP contribution in [0.2, 0.25) is 0 Å². The first-order valence-corrected chi connectivity index (χ1v) is 6.91. The molecule has 1 aromatic carbocycles. The lowest BCUT2D eigenvalue weighted by molar-refractivity contribution is -0.123. The van der Waals surface area contributed by atoms with Gasteiger partial charge in [-0.1, -0.05) is 13.0 Å². The van der Waals surface area contributed by atoms with E-state index in [1.807, 2.05) is 18.2 Å². The highest BCUT2D eigenvalue weighted by Crippen LogP contribution is 2.35. The number of benzene rings is 1. The molecular formula is C15H22N2O3. The standard InChI is InChI=1S/C15H22N2O3/c1-3-10-4-5-12(13(8-10)19-2)20-11-6-7-15(17,9-11)14(16)18/h4-5,8,11H,3,6-7,9,17H2,1-2H3,(H2,16,18). The van der Waals surface area contributed by atoms with E-state index in [4.69, 9.17) is 20.9 Å². The predicted molar refractivity (Wildman–Crippen MR) is 76.8 cm³/mol. The molecule has 5 heteroatoms. The largest absolute Gasteiger partial charge is 0.493 e. The number of carbonyl (C=O) groups is 1. The van der Waals surface area contributed by atoms with Crippen LogP contribution in [0.1, 0.15) is 31.7 Å². The third kappa shape index (κ3) is 2.88. The fourth-order valence-electron chi connectivity index (χ4n) is 2.56. The zero-order valence-electron chi connectivity index (χ0n) is 12.0. The number of hydrogen-bond acceptors (Lipinski definition) is 4. The molecule has 110 valence electrons. The molecule has 1 aliphatic rings. The molecule has 1 amide bonds. The second kappa shape index (κ2) is 5.71. The van der Waals surface area contributed by atoms with Gasteiger partial charge in [-0.05, 0) is 37.0 Å². The van der Waals surface area contributed by atoms with E-state index >= 15 is 0 Å². The summed E-state index contributed by atoms with van der Waals surface area (Å²) in [6, 6.07) is 5.88. The van der Waals surface area contributed by atoms with Crippen LogP contribution >= 0.6 is 0 Å². The molecule has 2 unspecified atom stereocenters. The van der Waals surface area contributed by atoms with E-state index in [9.17, 15) is 4.79 Å². The third-order valence-corrected chi connectivity index (χ3v) is 3.92. The Labute approximate surface area is 119 Å². The minimum absolute atomic E-state index is 0.103. The van der Waals surface area contributed by atoms with Gasteiger partial charge in [0.1, 0.15) is 6.10 Å². The van der Waals surface area contributed by atoms with Crippen molar-refractivity contribution in [2.45, 2.75) is 44.2 Å².